The van der Waals surface area contributed by atoms with Crippen LogP contribution < -0.4 is 5.73 Å². The number of rotatable bonds is 5. The summed E-state index contributed by atoms with van der Waals surface area (Å²) in [7, 11) is 0. The Morgan fingerprint density at radius 1 is 1.23 bits per heavy atom. The average Bonchev–Trinajstić information content (AvgIpc) is 3.31. The lowest BCUT2D eigenvalue weighted by Gasteiger charge is -2.32. The zero-order valence-corrected chi connectivity index (χ0v) is 16.9. The summed E-state index contributed by atoms with van der Waals surface area (Å²) in [6.07, 6.45) is 3.09. The molecule has 1 saturated carbocycles. The van der Waals surface area contributed by atoms with Crippen molar-refractivity contribution in [3.63, 3.8) is 0 Å². The minimum absolute atomic E-state index is 0.0105. The maximum atomic E-state index is 13.7. The number of alkyl halides is 1. The van der Waals surface area contributed by atoms with Crippen LogP contribution in [0.1, 0.15) is 24.6 Å². The largest absolute Gasteiger partial charge is 0.369 e. The fourth-order valence-corrected chi connectivity index (χ4v) is 4.02. The van der Waals surface area contributed by atoms with Crippen LogP contribution in [-0.4, -0.2) is 36.2 Å². The van der Waals surface area contributed by atoms with Crippen LogP contribution >= 0.6 is 11.6 Å². The van der Waals surface area contributed by atoms with Gasteiger partial charge in [0, 0.05) is 11.6 Å². The van der Waals surface area contributed by atoms with E-state index < -0.39 is 17.9 Å². The molecule has 4 aromatic rings. The molecule has 5 rings (SSSR count). The fourth-order valence-electron chi connectivity index (χ4n) is 3.84. The molecule has 3 heterocycles. The SMILES string of the molecule is NC(=O)Cc1cnc2ccc(-c3c(-c4ccc(F)c(Cl)c4)ncn3C3CC(F)C3)nn12. The number of hydrogen-bond donors (Lipinski definition) is 1. The highest BCUT2D eigenvalue weighted by Gasteiger charge is 2.33. The second-order valence-electron chi connectivity index (χ2n) is 7.58. The molecule has 1 aromatic carbocycles. The van der Waals surface area contributed by atoms with E-state index in [0.717, 1.165) is 0 Å². The van der Waals surface area contributed by atoms with E-state index >= 15 is 0 Å². The number of halogens is 3. The molecule has 1 aliphatic carbocycles. The van der Waals surface area contributed by atoms with Gasteiger partial charge in [0.2, 0.25) is 5.91 Å². The number of amides is 1. The second-order valence-corrected chi connectivity index (χ2v) is 7.99. The van der Waals surface area contributed by atoms with Crippen molar-refractivity contribution in [2.75, 3.05) is 0 Å². The lowest BCUT2D eigenvalue weighted by Crippen LogP contribution is -2.28. The Morgan fingerprint density at radius 2 is 2.03 bits per heavy atom. The highest BCUT2D eigenvalue weighted by Crippen LogP contribution is 2.41. The summed E-state index contributed by atoms with van der Waals surface area (Å²) in [5.41, 5.74) is 8.81. The van der Waals surface area contributed by atoms with Crippen LogP contribution in [0.4, 0.5) is 8.78 Å². The molecule has 0 bridgehead atoms. The number of hydrogen-bond acceptors (Lipinski definition) is 4. The normalized spacial score (nSPS) is 18.3. The molecule has 1 amide bonds. The molecular weight excluding hydrogens is 426 g/mol. The Labute approximate surface area is 180 Å². The van der Waals surface area contributed by atoms with Gasteiger partial charge in [0.25, 0.3) is 0 Å². The van der Waals surface area contributed by atoms with Crippen molar-refractivity contribution >= 4 is 23.2 Å². The molecule has 0 spiro atoms. The first kappa shape index (κ1) is 19.6. The van der Waals surface area contributed by atoms with Crippen molar-refractivity contribution in [1.29, 1.82) is 0 Å². The molecule has 0 atom stereocenters. The van der Waals surface area contributed by atoms with Crippen molar-refractivity contribution in [2.45, 2.75) is 31.5 Å². The van der Waals surface area contributed by atoms with Crippen LogP contribution in [0.25, 0.3) is 28.3 Å². The topological polar surface area (TPSA) is 91.1 Å². The summed E-state index contributed by atoms with van der Waals surface area (Å²) in [5.74, 6) is -1.02. The Morgan fingerprint density at radius 3 is 2.74 bits per heavy atom. The molecule has 0 radical (unpaired) electrons. The van der Waals surface area contributed by atoms with E-state index in [1.165, 1.54) is 12.1 Å². The van der Waals surface area contributed by atoms with Gasteiger partial charge in [-0.2, -0.15) is 5.10 Å². The van der Waals surface area contributed by atoms with Crippen LogP contribution in [-0.2, 0) is 11.2 Å². The summed E-state index contributed by atoms with van der Waals surface area (Å²) in [6.45, 7) is 0. The van der Waals surface area contributed by atoms with Gasteiger partial charge in [0.1, 0.15) is 17.7 Å². The zero-order chi connectivity index (χ0) is 21.7. The number of primary amides is 1. The Bertz CT molecular complexity index is 1310. The molecule has 0 aliphatic heterocycles. The van der Waals surface area contributed by atoms with E-state index in [2.05, 4.69) is 15.1 Å². The molecule has 0 saturated heterocycles. The van der Waals surface area contributed by atoms with Gasteiger partial charge in [0.15, 0.2) is 5.65 Å². The maximum Gasteiger partial charge on any atom is 0.223 e. The molecule has 7 nitrogen and oxygen atoms in total. The van der Waals surface area contributed by atoms with Gasteiger partial charge in [-0.1, -0.05) is 11.6 Å². The quantitative estimate of drug-likeness (QED) is 0.509. The minimum atomic E-state index is -0.852. The van der Waals surface area contributed by atoms with E-state index in [9.17, 15) is 13.6 Å². The second kappa shape index (κ2) is 7.42. The molecule has 158 valence electrons. The molecule has 3 aromatic heterocycles. The van der Waals surface area contributed by atoms with Crippen LogP contribution in [0, 0.1) is 5.82 Å². The van der Waals surface area contributed by atoms with Crippen molar-refractivity contribution in [3.05, 3.63) is 59.4 Å². The van der Waals surface area contributed by atoms with Crippen LogP contribution in [0.5, 0.6) is 0 Å². The summed E-state index contributed by atoms with van der Waals surface area (Å²) >= 11 is 5.99. The van der Waals surface area contributed by atoms with Crippen molar-refractivity contribution < 1.29 is 13.6 Å². The number of aromatic nitrogens is 5. The Kier molecular flexibility index (Phi) is 4.70. The first-order chi connectivity index (χ1) is 14.9. The molecule has 1 fully saturated rings. The van der Waals surface area contributed by atoms with Crippen LogP contribution in [0.15, 0.2) is 42.9 Å². The van der Waals surface area contributed by atoms with Gasteiger partial charge >= 0.3 is 0 Å². The predicted molar refractivity (Wildman–Crippen MR) is 111 cm³/mol. The number of fused-ring (bicyclic) bond motifs is 1. The highest BCUT2D eigenvalue weighted by atomic mass is 35.5. The molecule has 10 heteroatoms. The number of nitrogens with zero attached hydrogens (tertiary/aromatic N) is 5. The average molecular weight is 443 g/mol. The Hall–Kier alpha value is -3.33. The van der Waals surface area contributed by atoms with Crippen molar-refractivity contribution in [2.24, 2.45) is 5.73 Å². The first-order valence-electron chi connectivity index (χ1n) is 9.69. The third kappa shape index (κ3) is 3.44. The number of imidazole rings is 2. The summed E-state index contributed by atoms with van der Waals surface area (Å²) < 4.78 is 30.7. The van der Waals surface area contributed by atoms with Crippen LogP contribution in [0.3, 0.4) is 0 Å². The monoisotopic (exact) mass is 442 g/mol. The third-order valence-electron chi connectivity index (χ3n) is 5.47. The first-order valence-corrected chi connectivity index (χ1v) is 10.1. The van der Waals surface area contributed by atoms with Crippen LogP contribution in [0.2, 0.25) is 5.02 Å². The van der Waals surface area contributed by atoms with Gasteiger partial charge in [-0.3, -0.25) is 4.79 Å². The molecule has 31 heavy (non-hydrogen) atoms. The summed E-state index contributed by atoms with van der Waals surface area (Å²) in [5, 5.41) is 4.64. The lowest BCUT2D eigenvalue weighted by molar-refractivity contribution is -0.117. The van der Waals surface area contributed by atoms with Gasteiger partial charge in [-0.05, 0) is 43.2 Å². The maximum absolute atomic E-state index is 13.7. The third-order valence-corrected chi connectivity index (χ3v) is 5.76. The van der Waals surface area contributed by atoms with Gasteiger partial charge in [-0.15, -0.1) is 0 Å². The predicted octanol–water partition coefficient (Wildman–Crippen LogP) is 3.75. The molecule has 1 aliphatic rings. The van der Waals surface area contributed by atoms with E-state index in [-0.39, 0.29) is 17.5 Å². The zero-order valence-electron chi connectivity index (χ0n) is 16.2. The lowest BCUT2D eigenvalue weighted by atomic mass is 9.90. The van der Waals surface area contributed by atoms with Crippen molar-refractivity contribution in [3.8, 4) is 22.6 Å². The molecule has 0 unspecified atom stereocenters. The van der Waals surface area contributed by atoms with E-state index in [1.54, 1.807) is 35.2 Å². The smallest absolute Gasteiger partial charge is 0.223 e. The van der Waals surface area contributed by atoms with E-state index in [0.29, 0.717) is 46.8 Å². The number of benzene rings is 1. The number of carbonyl (C=O) groups excluding carboxylic acids is 1. The number of carbonyl (C=O) groups is 1. The summed E-state index contributed by atoms with van der Waals surface area (Å²) in [6, 6.07) is 7.85. The van der Waals surface area contributed by atoms with Gasteiger partial charge in [-0.25, -0.2) is 23.3 Å². The standard InChI is InChI=1S/C21H17ClF2N6O/c22-15-5-11(1-2-16(15)24)20-21(29(10-27-20)13-6-12(23)7-13)17-3-4-19-26-9-14(8-18(25)31)30(19)28-17/h1-5,9-10,12-13H,6-8H2,(H2,25,31). The van der Waals surface area contributed by atoms with Gasteiger partial charge in [0.05, 0.1) is 41.0 Å². The molecule has 2 N–H and O–H groups in total. The Balaban J connectivity index is 1.68. The highest BCUT2D eigenvalue weighted by molar-refractivity contribution is 6.31. The molecular formula is C21H17ClF2N6O. The summed E-state index contributed by atoms with van der Waals surface area (Å²) in [4.78, 5) is 20.2. The van der Waals surface area contributed by atoms with E-state index in [1.807, 2.05) is 4.57 Å². The minimum Gasteiger partial charge on any atom is -0.369 e. The number of nitrogens with two attached hydrogens (primary N) is 1. The van der Waals surface area contributed by atoms with E-state index in [4.69, 9.17) is 17.3 Å². The fraction of sp³-hybridized carbons (Fsp3) is 0.238. The van der Waals surface area contributed by atoms with Gasteiger partial charge < -0.3 is 10.3 Å². The van der Waals surface area contributed by atoms with Crippen molar-refractivity contribution in [1.82, 2.24) is 24.1 Å².